The van der Waals surface area contributed by atoms with Crippen molar-refractivity contribution < 1.29 is 9.53 Å². The summed E-state index contributed by atoms with van der Waals surface area (Å²) in [6, 6.07) is 6.25. The van der Waals surface area contributed by atoms with Gasteiger partial charge in [-0.3, -0.25) is 4.79 Å². The number of anilines is 2. The number of nitrogens with zero attached hydrogens (tertiary/aromatic N) is 3. The Kier molecular flexibility index (Phi) is 4.92. The van der Waals surface area contributed by atoms with E-state index in [9.17, 15) is 4.79 Å². The molecule has 2 aliphatic heterocycles. The highest BCUT2D eigenvalue weighted by Crippen LogP contribution is 2.32. The van der Waals surface area contributed by atoms with Gasteiger partial charge in [-0.2, -0.15) is 0 Å². The summed E-state index contributed by atoms with van der Waals surface area (Å²) in [6.45, 7) is 6.29. The Morgan fingerprint density at radius 1 is 1.37 bits per heavy atom. The van der Waals surface area contributed by atoms with Crippen molar-refractivity contribution in [1.29, 1.82) is 0 Å². The first-order valence-electron chi connectivity index (χ1n) is 10.1. The average Bonchev–Trinajstić information content (AvgIpc) is 3.09. The predicted octanol–water partition coefficient (Wildman–Crippen LogP) is 1.73. The normalized spacial score (nSPS) is 18.7. The number of aryl methyl sites for hydroxylation is 1. The number of nitrogen functional groups attached to an aromatic ring is 1. The minimum absolute atomic E-state index is 0.109. The SMILES string of the molecule is Cc1cnc2c(N)c(C(=O)NC3COc4cc(N5CCNCC5)ccc4C3)sc2n1. The van der Waals surface area contributed by atoms with Crippen LogP contribution < -0.4 is 26.0 Å². The number of benzene rings is 1. The molecule has 2 aliphatic rings. The van der Waals surface area contributed by atoms with Gasteiger partial charge in [-0.15, -0.1) is 11.3 Å². The van der Waals surface area contributed by atoms with Gasteiger partial charge in [0.05, 0.1) is 17.4 Å². The number of aromatic nitrogens is 2. The van der Waals surface area contributed by atoms with E-state index >= 15 is 0 Å². The van der Waals surface area contributed by atoms with E-state index in [1.165, 1.54) is 17.0 Å². The van der Waals surface area contributed by atoms with Crippen LogP contribution in [0.4, 0.5) is 11.4 Å². The second-order valence-corrected chi connectivity index (χ2v) is 8.72. The van der Waals surface area contributed by atoms with Gasteiger partial charge in [0, 0.05) is 44.1 Å². The van der Waals surface area contributed by atoms with Crippen LogP contribution in [0.5, 0.6) is 5.75 Å². The first-order valence-corrected chi connectivity index (χ1v) is 10.9. The Morgan fingerprint density at radius 3 is 3.03 bits per heavy atom. The lowest BCUT2D eigenvalue weighted by molar-refractivity contribution is 0.0920. The molecule has 1 atom stereocenters. The quantitative estimate of drug-likeness (QED) is 0.588. The van der Waals surface area contributed by atoms with E-state index in [1.54, 1.807) is 6.20 Å². The standard InChI is InChI=1S/C21H24N6O2S/c1-12-10-24-18-17(22)19(30-21(18)25-12)20(28)26-14-8-13-2-3-15(9-16(13)29-11-14)27-6-4-23-5-7-27/h2-3,9-10,14,23H,4-8,11,22H2,1H3,(H,26,28). The monoisotopic (exact) mass is 424 g/mol. The lowest BCUT2D eigenvalue weighted by Gasteiger charge is -2.31. The number of ether oxygens (including phenoxy) is 1. The Balaban J connectivity index is 1.29. The zero-order chi connectivity index (χ0) is 20.7. The molecule has 1 saturated heterocycles. The minimum Gasteiger partial charge on any atom is -0.491 e. The molecule has 3 aromatic rings. The lowest BCUT2D eigenvalue weighted by atomic mass is 10.0. The highest BCUT2D eigenvalue weighted by Gasteiger charge is 2.25. The molecular formula is C21H24N6O2S. The summed E-state index contributed by atoms with van der Waals surface area (Å²) in [6.07, 6.45) is 2.39. The van der Waals surface area contributed by atoms with Crippen molar-refractivity contribution in [1.82, 2.24) is 20.6 Å². The highest BCUT2D eigenvalue weighted by atomic mass is 32.1. The molecule has 9 heteroatoms. The van der Waals surface area contributed by atoms with Crippen LogP contribution in [0.3, 0.4) is 0 Å². The van der Waals surface area contributed by atoms with Crippen LogP contribution >= 0.6 is 11.3 Å². The van der Waals surface area contributed by atoms with Gasteiger partial charge < -0.3 is 26.0 Å². The summed E-state index contributed by atoms with van der Waals surface area (Å²) in [5, 5.41) is 6.43. The third kappa shape index (κ3) is 3.54. The van der Waals surface area contributed by atoms with Crippen LogP contribution in [-0.2, 0) is 6.42 Å². The molecule has 0 aliphatic carbocycles. The molecule has 4 N–H and O–H groups in total. The number of carbonyl (C=O) groups is 1. The molecule has 1 aromatic carbocycles. The number of hydrogen-bond donors (Lipinski definition) is 3. The number of carbonyl (C=O) groups excluding carboxylic acids is 1. The van der Waals surface area contributed by atoms with E-state index in [1.807, 2.05) is 6.92 Å². The van der Waals surface area contributed by atoms with Crippen molar-refractivity contribution in [3.05, 3.63) is 40.5 Å². The summed E-state index contributed by atoms with van der Waals surface area (Å²) in [4.78, 5) is 25.1. The Labute approximate surface area is 178 Å². The molecular weight excluding hydrogens is 400 g/mol. The zero-order valence-electron chi connectivity index (χ0n) is 16.8. The molecule has 2 aromatic heterocycles. The third-order valence-electron chi connectivity index (χ3n) is 5.54. The van der Waals surface area contributed by atoms with Crippen molar-refractivity contribution in [2.75, 3.05) is 43.4 Å². The molecule has 0 bridgehead atoms. The number of rotatable bonds is 3. The van der Waals surface area contributed by atoms with E-state index in [2.05, 4.69) is 43.7 Å². The number of hydrogen-bond acceptors (Lipinski definition) is 8. The first kappa shape index (κ1) is 19.1. The maximum atomic E-state index is 12.9. The number of nitrogens with one attached hydrogen (secondary N) is 2. The smallest absolute Gasteiger partial charge is 0.263 e. The van der Waals surface area contributed by atoms with Crippen molar-refractivity contribution in [2.24, 2.45) is 0 Å². The number of piperazine rings is 1. The summed E-state index contributed by atoms with van der Waals surface area (Å²) in [7, 11) is 0. The van der Waals surface area contributed by atoms with Crippen molar-refractivity contribution in [3.8, 4) is 5.75 Å². The Hall–Kier alpha value is -2.91. The van der Waals surface area contributed by atoms with E-state index in [0.717, 1.165) is 49.6 Å². The maximum Gasteiger partial charge on any atom is 0.263 e. The van der Waals surface area contributed by atoms with Crippen LogP contribution in [0.1, 0.15) is 20.9 Å². The molecule has 1 unspecified atom stereocenters. The van der Waals surface area contributed by atoms with Gasteiger partial charge in [-0.25, -0.2) is 9.97 Å². The van der Waals surface area contributed by atoms with Gasteiger partial charge in [-0.1, -0.05) is 6.07 Å². The largest absolute Gasteiger partial charge is 0.491 e. The van der Waals surface area contributed by atoms with Gasteiger partial charge in [0.15, 0.2) is 0 Å². The highest BCUT2D eigenvalue weighted by molar-refractivity contribution is 7.21. The van der Waals surface area contributed by atoms with Crippen LogP contribution in [0, 0.1) is 6.92 Å². The lowest BCUT2D eigenvalue weighted by Crippen LogP contribution is -2.44. The first-order chi connectivity index (χ1) is 14.6. The molecule has 0 radical (unpaired) electrons. The van der Waals surface area contributed by atoms with Crippen molar-refractivity contribution >= 4 is 39.0 Å². The summed E-state index contributed by atoms with van der Waals surface area (Å²) >= 11 is 1.28. The summed E-state index contributed by atoms with van der Waals surface area (Å²) in [5.74, 6) is 0.700. The van der Waals surface area contributed by atoms with Crippen molar-refractivity contribution in [3.63, 3.8) is 0 Å². The zero-order valence-corrected chi connectivity index (χ0v) is 17.6. The number of nitrogens with two attached hydrogens (primary N) is 1. The fraction of sp³-hybridized carbons (Fsp3) is 0.381. The fourth-order valence-corrected chi connectivity index (χ4v) is 4.96. The Bertz CT molecular complexity index is 1110. The van der Waals surface area contributed by atoms with Gasteiger partial charge in [0.2, 0.25) is 0 Å². The summed E-state index contributed by atoms with van der Waals surface area (Å²) in [5.41, 5.74) is 10.2. The Morgan fingerprint density at radius 2 is 2.20 bits per heavy atom. The number of amides is 1. The van der Waals surface area contributed by atoms with Crippen LogP contribution in [0.25, 0.3) is 10.3 Å². The van der Waals surface area contributed by atoms with Crippen LogP contribution in [0.2, 0.25) is 0 Å². The molecule has 30 heavy (non-hydrogen) atoms. The molecule has 156 valence electrons. The molecule has 0 saturated carbocycles. The van der Waals surface area contributed by atoms with E-state index in [-0.39, 0.29) is 11.9 Å². The molecule has 5 rings (SSSR count). The molecule has 4 heterocycles. The minimum atomic E-state index is -0.204. The molecule has 1 fully saturated rings. The summed E-state index contributed by atoms with van der Waals surface area (Å²) < 4.78 is 6.00. The van der Waals surface area contributed by atoms with Crippen molar-refractivity contribution in [2.45, 2.75) is 19.4 Å². The van der Waals surface area contributed by atoms with E-state index in [0.29, 0.717) is 27.5 Å². The van der Waals surface area contributed by atoms with E-state index < -0.39 is 0 Å². The van der Waals surface area contributed by atoms with Gasteiger partial charge in [0.25, 0.3) is 5.91 Å². The van der Waals surface area contributed by atoms with Gasteiger partial charge in [-0.05, 0) is 25.0 Å². The third-order valence-corrected chi connectivity index (χ3v) is 6.63. The van der Waals surface area contributed by atoms with Crippen LogP contribution in [0.15, 0.2) is 24.4 Å². The second kappa shape index (κ2) is 7.73. The molecule has 0 spiro atoms. The molecule has 8 nitrogen and oxygen atoms in total. The fourth-order valence-electron chi connectivity index (χ4n) is 3.96. The average molecular weight is 425 g/mol. The predicted molar refractivity (Wildman–Crippen MR) is 119 cm³/mol. The number of thiophene rings is 1. The maximum absolute atomic E-state index is 12.9. The second-order valence-electron chi connectivity index (χ2n) is 7.72. The van der Waals surface area contributed by atoms with Crippen LogP contribution in [-0.4, -0.2) is 54.7 Å². The van der Waals surface area contributed by atoms with Gasteiger partial charge in [0.1, 0.15) is 27.6 Å². The topological polar surface area (TPSA) is 105 Å². The number of fused-ring (bicyclic) bond motifs is 2. The molecule has 1 amide bonds. The van der Waals surface area contributed by atoms with Gasteiger partial charge >= 0.3 is 0 Å². The van der Waals surface area contributed by atoms with E-state index in [4.69, 9.17) is 10.5 Å².